The van der Waals surface area contributed by atoms with Gasteiger partial charge in [-0.3, -0.25) is 0 Å². The molecule has 2 atom stereocenters. The van der Waals surface area contributed by atoms with Crippen molar-refractivity contribution in [1.82, 2.24) is 10.2 Å². The minimum absolute atomic E-state index is 0.0159. The lowest BCUT2D eigenvalue weighted by Gasteiger charge is -2.31. The summed E-state index contributed by atoms with van der Waals surface area (Å²) in [6.45, 7) is 2.70. The molecule has 0 aliphatic heterocycles. The van der Waals surface area contributed by atoms with Gasteiger partial charge in [0, 0.05) is 19.1 Å². The van der Waals surface area contributed by atoms with Crippen molar-refractivity contribution < 1.29 is 17.9 Å². The Morgan fingerprint density at radius 2 is 1.95 bits per heavy atom. The van der Waals surface area contributed by atoms with Crippen LogP contribution in [0, 0.1) is 5.92 Å². The number of likely N-dealkylation sites (N-methyl/N-ethyl adjacent to an activating group) is 1. The van der Waals surface area contributed by atoms with Crippen molar-refractivity contribution in [1.29, 1.82) is 0 Å². The molecule has 0 saturated heterocycles. The zero-order chi connectivity index (χ0) is 14.3. The molecule has 0 heterocycles. The van der Waals surface area contributed by atoms with Crippen LogP contribution >= 0.6 is 0 Å². The Balaban J connectivity index is 2.09. The van der Waals surface area contributed by atoms with Crippen LogP contribution in [-0.4, -0.2) is 57.5 Å². The average Bonchev–Trinajstić information content (AvgIpc) is 2.32. The third-order valence-electron chi connectivity index (χ3n) is 3.50. The Hall–Kier alpha value is -0.330. The van der Waals surface area contributed by atoms with E-state index < -0.39 is 12.1 Å². The second kappa shape index (κ2) is 8.07. The summed E-state index contributed by atoms with van der Waals surface area (Å²) in [6.07, 6.45) is -2.06. The molecule has 1 saturated carbocycles. The van der Waals surface area contributed by atoms with Gasteiger partial charge in [0.05, 0.1) is 19.1 Å². The Bertz CT molecular complexity index is 247. The zero-order valence-corrected chi connectivity index (χ0v) is 11.8. The molecule has 0 amide bonds. The van der Waals surface area contributed by atoms with E-state index in [1.165, 1.54) is 0 Å². The SMILES string of the molecule is CN(C)CCOCCNC1CCCC(C(F)(F)F)C1. The number of hydrogen-bond acceptors (Lipinski definition) is 3. The molecule has 1 rings (SSSR count). The summed E-state index contributed by atoms with van der Waals surface area (Å²) in [6, 6.07) is -0.0159. The summed E-state index contributed by atoms with van der Waals surface area (Å²) in [5.74, 6) is -1.13. The van der Waals surface area contributed by atoms with E-state index in [0.29, 0.717) is 26.2 Å². The summed E-state index contributed by atoms with van der Waals surface area (Å²) in [4.78, 5) is 2.03. The predicted octanol–water partition coefficient (Wildman–Crippen LogP) is 2.28. The third-order valence-corrected chi connectivity index (χ3v) is 3.50. The summed E-state index contributed by atoms with van der Waals surface area (Å²) in [7, 11) is 3.95. The molecule has 114 valence electrons. The van der Waals surface area contributed by atoms with Crippen LogP contribution in [0.25, 0.3) is 0 Å². The normalized spacial score (nSPS) is 24.9. The lowest BCUT2D eigenvalue weighted by Crippen LogP contribution is -2.40. The number of rotatable bonds is 7. The van der Waals surface area contributed by atoms with Gasteiger partial charge in [-0.25, -0.2) is 0 Å². The molecule has 6 heteroatoms. The zero-order valence-electron chi connectivity index (χ0n) is 11.8. The molecule has 1 N–H and O–H groups in total. The third kappa shape index (κ3) is 7.13. The van der Waals surface area contributed by atoms with Crippen LogP contribution in [0.4, 0.5) is 13.2 Å². The molecule has 0 spiro atoms. The first-order chi connectivity index (χ1) is 8.89. The van der Waals surface area contributed by atoms with E-state index in [4.69, 9.17) is 4.74 Å². The van der Waals surface area contributed by atoms with Crippen molar-refractivity contribution in [2.75, 3.05) is 40.4 Å². The van der Waals surface area contributed by atoms with Crippen LogP contribution in [0.15, 0.2) is 0 Å². The molecule has 2 unspecified atom stereocenters. The Morgan fingerprint density at radius 3 is 2.58 bits per heavy atom. The van der Waals surface area contributed by atoms with Crippen molar-refractivity contribution in [3.05, 3.63) is 0 Å². The van der Waals surface area contributed by atoms with E-state index in [9.17, 15) is 13.2 Å². The van der Waals surface area contributed by atoms with Gasteiger partial charge in [0.2, 0.25) is 0 Å². The fourth-order valence-electron chi connectivity index (χ4n) is 2.36. The number of halogens is 3. The molecular formula is C13H25F3N2O. The number of nitrogens with zero attached hydrogens (tertiary/aromatic N) is 1. The maximum Gasteiger partial charge on any atom is 0.391 e. The van der Waals surface area contributed by atoms with Gasteiger partial charge in [-0.1, -0.05) is 6.42 Å². The first kappa shape index (κ1) is 16.7. The Labute approximate surface area is 113 Å². The standard InChI is InChI=1S/C13H25F3N2O/c1-18(2)7-9-19-8-6-17-12-5-3-4-11(10-12)13(14,15)16/h11-12,17H,3-10H2,1-2H3. The molecule has 0 bridgehead atoms. The van der Waals surface area contributed by atoms with Crippen molar-refractivity contribution in [3.63, 3.8) is 0 Å². The van der Waals surface area contributed by atoms with Gasteiger partial charge in [0.15, 0.2) is 0 Å². The molecule has 1 aliphatic rings. The predicted molar refractivity (Wildman–Crippen MR) is 69.2 cm³/mol. The van der Waals surface area contributed by atoms with Crippen LogP contribution in [0.2, 0.25) is 0 Å². The molecule has 19 heavy (non-hydrogen) atoms. The fourth-order valence-corrected chi connectivity index (χ4v) is 2.36. The Kier molecular flexibility index (Phi) is 7.10. The van der Waals surface area contributed by atoms with Crippen LogP contribution in [0.5, 0.6) is 0 Å². The first-order valence-corrected chi connectivity index (χ1v) is 6.92. The maximum atomic E-state index is 12.6. The highest BCUT2D eigenvalue weighted by molar-refractivity contribution is 4.81. The van der Waals surface area contributed by atoms with Crippen LogP contribution in [0.1, 0.15) is 25.7 Å². The molecule has 0 aromatic heterocycles. The summed E-state index contributed by atoms with van der Waals surface area (Å²) < 4.78 is 43.3. The van der Waals surface area contributed by atoms with E-state index in [0.717, 1.165) is 13.0 Å². The van der Waals surface area contributed by atoms with E-state index in [-0.39, 0.29) is 18.9 Å². The van der Waals surface area contributed by atoms with Gasteiger partial charge in [-0.15, -0.1) is 0 Å². The van der Waals surface area contributed by atoms with E-state index in [1.807, 2.05) is 19.0 Å². The smallest absolute Gasteiger partial charge is 0.379 e. The molecule has 0 radical (unpaired) electrons. The van der Waals surface area contributed by atoms with Crippen molar-refractivity contribution in [2.24, 2.45) is 5.92 Å². The molecule has 3 nitrogen and oxygen atoms in total. The highest BCUT2D eigenvalue weighted by Gasteiger charge is 2.41. The van der Waals surface area contributed by atoms with Crippen LogP contribution in [-0.2, 0) is 4.74 Å². The number of alkyl halides is 3. The fraction of sp³-hybridized carbons (Fsp3) is 1.00. The van der Waals surface area contributed by atoms with E-state index >= 15 is 0 Å². The largest absolute Gasteiger partial charge is 0.391 e. The minimum atomic E-state index is -4.04. The van der Waals surface area contributed by atoms with Crippen molar-refractivity contribution >= 4 is 0 Å². The van der Waals surface area contributed by atoms with E-state index in [2.05, 4.69) is 5.32 Å². The van der Waals surface area contributed by atoms with Gasteiger partial charge in [0.25, 0.3) is 0 Å². The highest BCUT2D eigenvalue weighted by atomic mass is 19.4. The van der Waals surface area contributed by atoms with Gasteiger partial charge in [-0.05, 0) is 33.4 Å². The first-order valence-electron chi connectivity index (χ1n) is 6.92. The maximum absolute atomic E-state index is 12.6. The number of ether oxygens (including phenoxy) is 1. The van der Waals surface area contributed by atoms with Crippen LogP contribution < -0.4 is 5.32 Å². The van der Waals surface area contributed by atoms with Crippen molar-refractivity contribution in [3.8, 4) is 0 Å². The summed E-state index contributed by atoms with van der Waals surface area (Å²) in [5, 5.41) is 3.17. The molecular weight excluding hydrogens is 257 g/mol. The topological polar surface area (TPSA) is 24.5 Å². The number of nitrogens with one attached hydrogen (secondary N) is 1. The monoisotopic (exact) mass is 282 g/mol. The van der Waals surface area contributed by atoms with Crippen LogP contribution in [0.3, 0.4) is 0 Å². The average molecular weight is 282 g/mol. The van der Waals surface area contributed by atoms with Crippen molar-refractivity contribution in [2.45, 2.75) is 37.9 Å². The number of hydrogen-bond donors (Lipinski definition) is 1. The quantitative estimate of drug-likeness (QED) is 0.725. The lowest BCUT2D eigenvalue weighted by molar-refractivity contribution is -0.183. The van der Waals surface area contributed by atoms with E-state index in [1.54, 1.807) is 0 Å². The summed E-state index contributed by atoms with van der Waals surface area (Å²) >= 11 is 0. The second-order valence-electron chi connectivity index (χ2n) is 5.47. The highest BCUT2D eigenvalue weighted by Crippen LogP contribution is 2.37. The molecule has 1 aliphatic carbocycles. The molecule has 0 aromatic carbocycles. The minimum Gasteiger partial charge on any atom is -0.379 e. The Morgan fingerprint density at radius 1 is 1.21 bits per heavy atom. The summed E-state index contributed by atoms with van der Waals surface area (Å²) in [5.41, 5.74) is 0. The lowest BCUT2D eigenvalue weighted by atomic mass is 9.85. The molecule has 0 aromatic rings. The second-order valence-corrected chi connectivity index (χ2v) is 5.47. The van der Waals surface area contributed by atoms with Gasteiger partial charge < -0.3 is 15.0 Å². The van der Waals surface area contributed by atoms with Gasteiger partial charge in [-0.2, -0.15) is 13.2 Å². The molecule has 1 fully saturated rings. The van der Waals surface area contributed by atoms with Gasteiger partial charge >= 0.3 is 6.18 Å². The van der Waals surface area contributed by atoms with Gasteiger partial charge in [0.1, 0.15) is 0 Å².